The Balaban J connectivity index is 1.66. The number of hydrogen-bond donors (Lipinski definition) is 2. The summed E-state index contributed by atoms with van der Waals surface area (Å²) >= 11 is 7.57. The van der Waals surface area contributed by atoms with Crippen molar-refractivity contribution in [1.82, 2.24) is 14.8 Å². The van der Waals surface area contributed by atoms with Crippen LogP contribution in [0.4, 0.5) is 11.4 Å². The van der Waals surface area contributed by atoms with Gasteiger partial charge in [-0.1, -0.05) is 41.6 Å². The first-order valence-corrected chi connectivity index (χ1v) is 10.4. The third-order valence-electron chi connectivity index (χ3n) is 3.96. The van der Waals surface area contributed by atoms with Gasteiger partial charge in [-0.2, -0.15) is 0 Å². The molecular weight excluding hydrogens is 422 g/mol. The van der Waals surface area contributed by atoms with Gasteiger partial charge in [0.1, 0.15) is 0 Å². The number of thioether (sulfide) groups is 1. The lowest BCUT2D eigenvalue weighted by Crippen LogP contribution is -2.15. The number of carbonyl (C=O) groups excluding carboxylic acids is 2. The van der Waals surface area contributed by atoms with E-state index in [1.807, 2.05) is 22.8 Å². The van der Waals surface area contributed by atoms with Crippen LogP contribution in [0.5, 0.6) is 0 Å². The van der Waals surface area contributed by atoms with Gasteiger partial charge in [0, 0.05) is 30.4 Å². The smallest absolute Gasteiger partial charge is 0.234 e. The van der Waals surface area contributed by atoms with Gasteiger partial charge in [0.15, 0.2) is 11.0 Å². The zero-order valence-corrected chi connectivity index (χ0v) is 17.8. The number of amides is 2. The van der Waals surface area contributed by atoms with E-state index in [-0.39, 0.29) is 17.6 Å². The molecule has 0 radical (unpaired) electrons. The first kappa shape index (κ1) is 21.6. The number of halogens is 1. The van der Waals surface area contributed by atoms with E-state index in [0.29, 0.717) is 33.9 Å². The Morgan fingerprint density at radius 1 is 1.10 bits per heavy atom. The maximum Gasteiger partial charge on any atom is 0.234 e. The van der Waals surface area contributed by atoms with Crippen LogP contribution >= 0.6 is 23.4 Å². The standard InChI is InChI=1S/C21H20ClN5O2S/c1-3-12-27-20(17-6-4-5-7-18(17)22)25-26-21(27)30-13-19(29)24-16-10-8-15(9-11-16)23-14(2)28/h3-11H,1,12-13H2,2H3,(H,23,28)(H,24,29). The first-order chi connectivity index (χ1) is 14.5. The lowest BCUT2D eigenvalue weighted by Gasteiger charge is -2.09. The van der Waals surface area contributed by atoms with Crippen molar-refractivity contribution in [2.24, 2.45) is 0 Å². The van der Waals surface area contributed by atoms with Gasteiger partial charge in [-0.3, -0.25) is 14.2 Å². The fourth-order valence-corrected chi connectivity index (χ4v) is 3.67. The third kappa shape index (κ3) is 5.49. The number of nitrogens with zero attached hydrogens (tertiary/aromatic N) is 3. The summed E-state index contributed by atoms with van der Waals surface area (Å²) in [7, 11) is 0. The first-order valence-electron chi connectivity index (χ1n) is 9.07. The molecule has 0 spiro atoms. The van der Waals surface area contributed by atoms with E-state index in [1.165, 1.54) is 18.7 Å². The number of aromatic nitrogens is 3. The van der Waals surface area contributed by atoms with E-state index >= 15 is 0 Å². The van der Waals surface area contributed by atoms with Gasteiger partial charge in [0.2, 0.25) is 11.8 Å². The quantitative estimate of drug-likeness (QED) is 0.397. The van der Waals surface area contributed by atoms with Gasteiger partial charge in [0.05, 0.1) is 10.8 Å². The van der Waals surface area contributed by atoms with Gasteiger partial charge in [0.25, 0.3) is 0 Å². The highest BCUT2D eigenvalue weighted by Gasteiger charge is 2.16. The Labute approximate surface area is 183 Å². The van der Waals surface area contributed by atoms with E-state index < -0.39 is 0 Å². The van der Waals surface area contributed by atoms with Crippen molar-refractivity contribution in [3.8, 4) is 11.4 Å². The molecule has 1 aromatic heterocycles. The Kier molecular flexibility index (Phi) is 7.26. The maximum atomic E-state index is 12.3. The Bertz CT molecular complexity index is 1070. The number of rotatable bonds is 8. The topological polar surface area (TPSA) is 88.9 Å². The van der Waals surface area contributed by atoms with Crippen molar-refractivity contribution in [1.29, 1.82) is 0 Å². The predicted octanol–water partition coefficient (Wildman–Crippen LogP) is 4.47. The van der Waals surface area contributed by atoms with E-state index in [0.717, 1.165) is 5.56 Å². The number of benzene rings is 2. The summed E-state index contributed by atoms with van der Waals surface area (Å²) in [6, 6.07) is 14.3. The molecule has 154 valence electrons. The molecule has 3 aromatic rings. The van der Waals surface area contributed by atoms with Crippen molar-refractivity contribution in [2.75, 3.05) is 16.4 Å². The number of carbonyl (C=O) groups is 2. The molecule has 0 aliphatic heterocycles. The van der Waals surface area contributed by atoms with Crippen LogP contribution in [0, 0.1) is 0 Å². The Morgan fingerprint density at radius 3 is 2.40 bits per heavy atom. The third-order valence-corrected chi connectivity index (χ3v) is 5.26. The SMILES string of the molecule is C=CCn1c(SCC(=O)Nc2ccc(NC(C)=O)cc2)nnc1-c1ccccc1Cl. The van der Waals surface area contributed by atoms with Crippen molar-refractivity contribution in [3.05, 3.63) is 66.2 Å². The molecule has 0 aliphatic rings. The van der Waals surface area contributed by atoms with Crippen LogP contribution in [0.25, 0.3) is 11.4 Å². The fraction of sp³-hybridized carbons (Fsp3) is 0.143. The highest BCUT2D eigenvalue weighted by molar-refractivity contribution is 7.99. The molecule has 2 N–H and O–H groups in total. The minimum absolute atomic E-state index is 0.150. The Hall–Kier alpha value is -3.10. The van der Waals surface area contributed by atoms with E-state index in [4.69, 9.17) is 11.6 Å². The molecule has 30 heavy (non-hydrogen) atoms. The number of hydrogen-bond acceptors (Lipinski definition) is 5. The normalized spacial score (nSPS) is 10.5. The van der Waals surface area contributed by atoms with Crippen LogP contribution in [0.1, 0.15) is 6.92 Å². The summed E-state index contributed by atoms with van der Waals surface area (Å²) in [5, 5.41) is 15.1. The van der Waals surface area contributed by atoms with Gasteiger partial charge in [-0.25, -0.2) is 0 Å². The molecular formula is C21H20ClN5O2S. The summed E-state index contributed by atoms with van der Waals surface area (Å²) in [6.07, 6.45) is 1.74. The molecule has 3 rings (SSSR count). The lowest BCUT2D eigenvalue weighted by atomic mass is 10.2. The minimum atomic E-state index is -0.181. The summed E-state index contributed by atoms with van der Waals surface area (Å²) in [5.74, 6) is 0.449. The largest absolute Gasteiger partial charge is 0.326 e. The monoisotopic (exact) mass is 441 g/mol. The number of allylic oxidation sites excluding steroid dienone is 1. The zero-order valence-electron chi connectivity index (χ0n) is 16.3. The van der Waals surface area contributed by atoms with Gasteiger partial charge in [-0.05, 0) is 36.4 Å². The van der Waals surface area contributed by atoms with Gasteiger partial charge >= 0.3 is 0 Å². The van der Waals surface area contributed by atoms with Gasteiger partial charge in [-0.15, -0.1) is 16.8 Å². The number of anilines is 2. The van der Waals surface area contributed by atoms with Crippen molar-refractivity contribution in [3.63, 3.8) is 0 Å². The molecule has 0 saturated carbocycles. The van der Waals surface area contributed by atoms with E-state index in [2.05, 4.69) is 27.4 Å². The number of nitrogens with one attached hydrogen (secondary N) is 2. The summed E-state index contributed by atoms with van der Waals surface area (Å²) in [5.41, 5.74) is 2.07. The average Bonchev–Trinajstić information content (AvgIpc) is 3.11. The van der Waals surface area contributed by atoms with Crippen LogP contribution in [0.15, 0.2) is 66.3 Å². The second-order valence-electron chi connectivity index (χ2n) is 6.28. The van der Waals surface area contributed by atoms with Crippen LogP contribution < -0.4 is 10.6 Å². The maximum absolute atomic E-state index is 12.3. The fourth-order valence-electron chi connectivity index (χ4n) is 2.70. The summed E-state index contributed by atoms with van der Waals surface area (Å²) in [4.78, 5) is 23.4. The second-order valence-corrected chi connectivity index (χ2v) is 7.63. The van der Waals surface area contributed by atoms with Crippen LogP contribution in [-0.4, -0.2) is 32.3 Å². The molecule has 2 amide bonds. The lowest BCUT2D eigenvalue weighted by molar-refractivity contribution is -0.114. The van der Waals surface area contributed by atoms with E-state index in [1.54, 1.807) is 36.4 Å². The molecule has 7 nitrogen and oxygen atoms in total. The minimum Gasteiger partial charge on any atom is -0.326 e. The van der Waals surface area contributed by atoms with E-state index in [9.17, 15) is 9.59 Å². The van der Waals surface area contributed by atoms with Crippen molar-refractivity contribution >= 4 is 46.6 Å². The van der Waals surface area contributed by atoms with Crippen LogP contribution in [0.3, 0.4) is 0 Å². The highest BCUT2D eigenvalue weighted by atomic mass is 35.5. The highest BCUT2D eigenvalue weighted by Crippen LogP contribution is 2.29. The van der Waals surface area contributed by atoms with Gasteiger partial charge < -0.3 is 10.6 Å². The molecule has 0 aliphatic carbocycles. The molecule has 0 bridgehead atoms. The summed E-state index contributed by atoms with van der Waals surface area (Å²) in [6.45, 7) is 5.71. The Morgan fingerprint density at radius 2 is 1.77 bits per heavy atom. The molecule has 0 atom stereocenters. The zero-order chi connectivity index (χ0) is 21.5. The molecule has 2 aromatic carbocycles. The second kappa shape index (κ2) is 10.1. The molecule has 9 heteroatoms. The van der Waals surface area contributed by atoms with Crippen molar-refractivity contribution < 1.29 is 9.59 Å². The average molecular weight is 442 g/mol. The van der Waals surface area contributed by atoms with Crippen molar-refractivity contribution in [2.45, 2.75) is 18.6 Å². The molecule has 0 saturated heterocycles. The van der Waals surface area contributed by atoms with Crippen LogP contribution in [-0.2, 0) is 16.1 Å². The molecule has 0 unspecified atom stereocenters. The summed E-state index contributed by atoms with van der Waals surface area (Å²) < 4.78 is 1.87. The van der Waals surface area contributed by atoms with Crippen LogP contribution in [0.2, 0.25) is 5.02 Å². The molecule has 0 fully saturated rings. The molecule has 1 heterocycles. The predicted molar refractivity (Wildman–Crippen MR) is 121 cm³/mol.